The summed E-state index contributed by atoms with van der Waals surface area (Å²) in [5.74, 6) is -0.138. The monoisotopic (exact) mass is 1060 g/mol. The van der Waals surface area contributed by atoms with Gasteiger partial charge >= 0.3 is 0 Å². The van der Waals surface area contributed by atoms with Crippen molar-refractivity contribution in [1.29, 1.82) is 0 Å². The lowest BCUT2D eigenvalue weighted by Crippen LogP contribution is -2.60. The zero-order valence-electron chi connectivity index (χ0n) is 49.3. The van der Waals surface area contributed by atoms with Gasteiger partial charge in [0.15, 0.2) is 6.29 Å². The highest BCUT2D eigenvalue weighted by atomic mass is 16.7. The van der Waals surface area contributed by atoms with Crippen LogP contribution in [-0.2, 0) is 14.3 Å². The van der Waals surface area contributed by atoms with Crippen molar-refractivity contribution in [3.05, 3.63) is 36.5 Å². The van der Waals surface area contributed by atoms with E-state index in [-0.39, 0.29) is 12.5 Å². The Balaban J connectivity index is 2.05. The van der Waals surface area contributed by atoms with Gasteiger partial charge in [0, 0.05) is 6.42 Å². The van der Waals surface area contributed by atoms with E-state index in [0.717, 1.165) is 51.4 Å². The lowest BCUT2D eigenvalue weighted by Gasteiger charge is -2.40. The molecule has 0 saturated carbocycles. The number of amides is 1. The van der Waals surface area contributed by atoms with Gasteiger partial charge in [0.2, 0.25) is 5.91 Å². The average molecular weight is 1060 g/mol. The summed E-state index contributed by atoms with van der Waals surface area (Å²) in [5, 5.41) is 54.7. The van der Waals surface area contributed by atoms with E-state index < -0.39 is 49.5 Å². The molecule has 0 spiro atoms. The van der Waals surface area contributed by atoms with E-state index in [1.807, 2.05) is 0 Å². The van der Waals surface area contributed by atoms with E-state index in [4.69, 9.17) is 9.47 Å². The number of unbranched alkanes of at least 4 members (excludes halogenated alkanes) is 41. The Morgan fingerprint density at radius 1 is 0.453 bits per heavy atom. The second kappa shape index (κ2) is 55.7. The number of rotatable bonds is 57. The molecule has 1 aliphatic rings. The molecule has 1 heterocycles. The van der Waals surface area contributed by atoms with Crippen molar-refractivity contribution in [2.75, 3.05) is 13.2 Å². The van der Waals surface area contributed by atoms with Crippen LogP contribution in [0.1, 0.15) is 322 Å². The fourth-order valence-corrected chi connectivity index (χ4v) is 10.6. The molecule has 442 valence electrons. The van der Waals surface area contributed by atoms with Gasteiger partial charge in [-0.3, -0.25) is 4.79 Å². The van der Waals surface area contributed by atoms with Crippen molar-refractivity contribution in [2.24, 2.45) is 0 Å². The van der Waals surface area contributed by atoms with Crippen LogP contribution in [0.25, 0.3) is 0 Å². The van der Waals surface area contributed by atoms with Crippen molar-refractivity contribution < 1.29 is 39.8 Å². The van der Waals surface area contributed by atoms with Crippen molar-refractivity contribution in [3.8, 4) is 0 Å². The van der Waals surface area contributed by atoms with E-state index in [9.17, 15) is 30.3 Å². The van der Waals surface area contributed by atoms with Crippen molar-refractivity contribution in [1.82, 2.24) is 5.32 Å². The first-order valence-corrected chi connectivity index (χ1v) is 32.7. The Morgan fingerprint density at radius 2 is 0.787 bits per heavy atom. The Morgan fingerprint density at radius 3 is 1.16 bits per heavy atom. The van der Waals surface area contributed by atoms with Gasteiger partial charge in [-0.25, -0.2) is 0 Å². The first-order chi connectivity index (χ1) is 36.8. The first kappa shape index (κ1) is 71.4. The molecule has 0 aromatic carbocycles. The Bertz CT molecular complexity index is 1270. The Labute approximate surface area is 463 Å². The lowest BCUT2D eigenvalue weighted by molar-refractivity contribution is -0.302. The van der Waals surface area contributed by atoms with Gasteiger partial charge in [0.05, 0.1) is 25.4 Å². The SMILES string of the molecule is CCCCCCC/C=C\C/C=C\C/C=C\CCCCCCCCCCCCCCCCCCCCCCCCC(=O)NC(COC1OC(CO)C(O)C(O)C1O)C(O)CCCCCCCCCCCCCCCCC. The first-order valence-electron chi connectivity index (χ1n) is 32.7. The highest BCUT2D eigenvalue weighted by Gasteiger charge is 2.44. The Hall–Kier alpha value is -1.59. The van der Waals surface area contributed by atoms with Gasteiger partial charge in [0.25, 0.3) is 0 Å². The van der Waals surface area contributed by atoms with Crippen LogP contribution in [0, 0.1) is 0 Å². The molecule has 7 atom stereocenters. The molecule has 0 aromatic heterocycles. The molecule has 0 radical (unpaired) electrons. The van der Waals surface area contributed by atoms with Crippen molar-refractivity contribution >= 4 is 5.91 Å². The summed E-state index contributed by atoms with van der Waals surface area (Å²) >= 11 is 0. The number of ether oxygens (including phenoxy) is 2. The number of carbonyl (C=O) groups excluding carboxylic acids is 1. The minimum atomic E-state index is -1.55. The van der Waals surface area contributed by atoms with Crippen LogP contribution in [0.5, 0.6) is 0 Å². The predicted octanol–water partition coefficient (Wildman–Crippen LogP) is 17.1. The fourth-order valence-electron chi connectivity index (χ4n) is 10.6. The molecule has 1 aliphatic heterocycles. The number of aliphatic hydroxyl groups excluding tert-OH is 5. The normalized spacial score (nSPS) is 19.1. The van der Waals surface area contributed by atoms with Crippen LogP contribution >= 0.6 is 0 Å². The summed E-state index contributed by atoms with van der Waals surface area (Å²) in [7, 11) is 0. The van der Waals surface area contributed by atoms with Gasteiger partial charge in [-0.1, -0.05) is 301 Å². The maximum Gasteiger partial charge on any atom is 0.220 e. The van der Waals surface area contributed by atoms with Crippen LogP contribution in [0.2, 0.25) is 0 Å². The van der Waals surface area contributed by atoms with Crippen LogP contribution in [-0.4, -0.2) is 87.5 Å². The molecule has 9 nitrogen and oxygen atoms in total. The highest BCUT2D eigenvalue weighted by molar-refractivity contribution is 5.76. The van der Waals surface area contributed by atoms with Crippen LogP contribution in [0.15, 0.2) is 36.5 Å². The maximum absolute atomic E-state index is 13.1. The van der Waals surface area contributed by atoms with E-state index >= 15 is 0 Å². The van der Waals surface area contributed by atoms with Gasteiger partial charge in [0.1, 0.15) is 24.4 Å². The second-order valence-electron chi connectivity index (χ2n) is 22.9. The third-order valence-corrected chi connectivity index (χ3v) is 15.7. The lowest BCUT2D eigenvalue weighted by atomic mass is 9.99. The molecule has 0 aliphatic carbocycles. The molecule has 6 N–H and O–H groups in total. The summed E-state index contributed by atoms with van der Waals surface area (Å²) in [6, 6.07) is -0.717. The smallest absolute Gasteiger partial charge is 0.220 e. The van der Waals surface area contributed by atoms with Gasteiger partial charge in [-0.2, -0.15) is 0 Å². The standard InChI is InChI=1S/C66H125NO8/c1-3-5-7-9-11-13-15-17-19-20-21-22-23-24-25-26-27-28-29-30-31-32-33-34-35-36-37-38-39-40-42-44-46-48-50-52-54-56-62(70)67-59(58-74-66-65(73)64(72)63(71)61(57-68)75-66)60(69)55-53-51-49-47-45-43-41-18-16-14-12-10-8-6-4-2/h15,17,20-21,23-24,59-61,63-66,68-69,71-73H,3-14,16,18-19,22,25-58H2,1-2H3,(H,67,70)/b17-15-,21-20-,24-23-. The summed E-state index contributed by atoms with van der Waals surface area (Å²) < 4.78 is 11.3. The number of nitrogens with one attached hydrogen (secondary N) is 1. The predicted molar refractivity (Wildman–Crippen MR) is 318 cm³/mol. The zero-order chi connectivity index (χ0) is 54.3. The van der Waals surface area contributed by atoms with E-state index in [0.29, 0.717) is 12.8 Å². The molecule has 1 saturated heterocycles. The van der Waals surface area contributed by atoms with Crippen molar-refractivity contribution in [3.63, 3.8) is 0 Å². The molecular weight excluding hydrogens is 935 g/mol. The highest BCUT2D eigenvalue weighted by Crippen LogP contribution is 2.24. The molecular formula is C66H125NO8. The third kappa shape index (κ3) is 44.9. The summed E-state index contributed by atoms with van der Waals surface area (Å²) in [5.41, 5.74) is 0. The quantitative estimate of drug-likeness (QED) is 0.0261. The minimum Gasteiger partial charge on any atom is -0.394 e. The Kier molecular flexibility index (Phi) is 53.1. The molecule has 0 aromatic rings. The maximum atomic E-state index is 13.1. The van der Waals surface area contributed by atoms with Gasteiger partial charge in [-0.15, -0.1) is 0 Å². The van der Waals surface area contributed by atoms with E-state index in [1.165, 1.54) is 244 Å². The molecule has 1 rings (SSSR count). The van der Waals surface area contributed by atoms with Crippen LogP contribution in [0.4, 0.5) is 0 Å². The van der Waals surface area contributed by atoms with Gasteiger partial charge in [-0.05, 0) is 51.4 Å². The minimum absolute atomic E-state index is 0.134. The summed E-state index contributed by atoms with van der Waals surface area (Å²) in [4.78, 5) is 13.1. The molecule has 0 bridgehead atoms. The number of aliphatic hydroxyl groups is 5. The van der Waals surface area contributed by atoms with E-state index in [1.54, 1.807) is 0 Å². The third-order valence-electron chi connectivity index (χ3n) is 15.7. The number of hydrogen-bond acceptors (Lipinski definition) is 8. The fraction of sp³-hybridized carbons (Fsp3) is 0.894. The molecule has 7 unspecified atom stereocenters. The molecule has 1 amide bonds. The summed E-state index contributed by atoms with van der Waals surface area (Å²) in [6.45, 7) is 3.86. The number of hydrogen-bond donors (Lipinski definition) is 6. The van der Waals surface area contributed by atoms with Crippen molar-refractivity contribution in [2.45, 2.75) is 365 Å². The number of allylic oxidation sites excluding steroid dienone is 6. The average Bonchev–Trinajstić information content (AvgIpc) is 3.41. The summed E-state index contributed by atoms with van der Waals surface area (Å²) in [6.07, 6.45) is 66.4. The van der Waals surface area contributed by atoms with Crippen LogP contribution in [0.3, 0.4) is 0 Å². The molecule has 1 fully saturated rings. The largest absolute Gasteiger partial charge is 0.394 e. The van der Waals surface area contributed by atoms with Gasteiger partial charge < -0.3 is 40.3 Å². The number of carbonyl (C=O) groups is 1. The topological polar surface area (TPSA) is 149 Å². The van der Waals surface area contributed by atoms with E-state index in [2.05, 4.69) is 55.6 Å². The molecule has 9 heteroatoms. The second-order valence-corrected chi connectivity index (χ2v) is 22.9. The zero-order valence-corrected chi connectivity index (χ0v) is 49.3. The van der Waals surface area contributed by atoms with Crippen LogP contribution < -0.4 is 5.32 Å². The molecule has 75 heavy (non-hydrogen) atoms.